The average molecular weight is 391 g/mol. The van der Waals surface area contributed by atoms with Crippen LogP contribution in [-0.2, 0) is 11.3 Å². The molecule has 3 aliphatic heterocycles. The van der Waals surface area contributed by atoms with Crippen molar-refractivity contribution in [2.75, 3.05) is 18.1 Å². The van der Waals surface area contributed by atoms with Gasteiger partial charge in [-0.1, -0.05) is 11.8 Å². The van der Waals surface area contributed by atoms with Gasteiger partial charge in [0, 0.05) is 18.2 Å². The van der Waals surface area contributed by atoms with E-state index in [1.807, 2.05) is 16.4 Å². The maximum absolute atomic E-state index is 15.2. The number of carboxylic acid groups (broad SMARTS) is 1. The number of carbonyl (C=O) groups is 1. The van der Waals surface area contributed by atoms with Gasteiger partial charge >= 0.3 is 5.97 Å². The number of aromatic nitrogens is 1. The molecule has 3 N–H and O–H groups in total. The lowest BCUT2D eigenvalue weighted by molar-refractivity contribution is 0.0689. The number of nitrogens with two attached hydrogens (primary N) is 1. The number of anilines is 1. The maximum atomic E-state index is 15.2. The highest BCUT2D eigenvalue weighted by atomic mass is 32.2. The lowest BCUT2D eigenvalue weighted by Crippen LogP contribution is -2.42. The number of halogens is 1. The van der Waals surface area contributed by atoms with Crippen LogP contribution in [0.25, 0.3) is 10.9 Å². The van der Waals surface area contributed by atoms with E-state index in [9.17, 15) is 14.7 Å². The van der Waals surface area contributed by atoms with Crippen molar-refractivity contribution in [3.63, 3.8) is 0 Å². The molecule has 7 nitrogen and oxygen atoms in total. The first-order chi connectivity index (χ1) is 12.9. The van der Waals surface area contributed by atoms with Crippen LogP contribution < -0.4 is 16.1 Å². The Bertz CT molecular complexity index is 1070. The van der Waals surface area contributed by atoms with E-state index in [0.717, 1.165) is 6.42 Å². The molecule has 0 aliphatic carbocycles. The summed E-state index contributed by atoms with van der Waals surface area (Å²) in [4.78, 5) is 26.4. The Hall–Kier alpha value is -2.10. The number of benzene rings is 1. The van der Waals surface area contributed by atoms with Crippen LogP contribution in [0.15, 0.2) is 15.9 Å². The smallest absolute Gasteiger partial charge is 0.342 e. The highest BCUT2D eigenvalue weighted by Crippen LogP contribution is 2.48. The number of rotatable bonds is 1. The molecule has 4 heterocycles. The number of hydrogen-bond acceptors (Lipinski definition) is 6. The second kappa shape index (κ2) is 5.70. The van der Waals surface area contributed by atoms with E-state index in [4.69, 9.17) is 10.5 Å². The van der Waals surface area contributed by atoms with Gasteiger partial charge in [-0.15, -0.1) is 0 Å². The predicted octanol–water partition coefficient (Wildman–Crippen LogP) is 1.90. The molecule has 0 spiro atoms. The standard InChI is InChI=1S/C18H18FN3O4S/c1-7-22-14-8(16(23)13(18(24)25)17(22)27-7)4-10(19)15-9(14)5-26-6-12-11(20)2-3-21(12)15/h4,7,11-12H,2-3,5-6,20H2,1H3,(H,24,25)/t7?,11-,12?/m1/s1. The molecular formula is C18H18FN3O4S. The van der Waals surface area contributed by atoms with E-state index in [0.29, 0.717) is 34.9 Å². The molecule has 0 bridgehead atoms. The summed E-state index contributed by atoms with van der Waals surface area (Å²) in [5.74, 6) is -1.82. The fourth-order valence-corrected chi connectivity index (χ4v) is 5.64. The normalized spacial score (nSPS) is 26.2. The van der Waals surface area contributed by atoms with Crippen molar-refractivity contribution in [3.05, 3.63) is 33.2 Å². The molecule has 3 aliphatic rings. The van der Waals surface area contributed by atoms with Crippen LogP contribution in [0.2, 0.25) is 0 Å². The summed E-state index contributed by atoms with van der Waals surface area (Å²) in [5, 5.41) is 9.95. The summed E-state index contributed by atoms with van der Waals surface area (Å²) >= 11 is 1.33. The van der Waals surface area contributed by atoms with Crippen LogP contribution in [0.3, 0.4) is 0 Å². The molecule has 27 heavy (non-hydrogen) atoms. The van der Waals surface area contributed by atoms with Crippen LogP contribution in [-0.4, -0.2) is 40.9 Å². The SMILES string of the molecule is CC1Sc2c(C(=O)O)c(=O)c3cc(F)c4c(c3n21)COCC1[C@H](N)CCN41. The number of ether oxygens (including phenoxy) is 1. The average Bonchev–Trinajstić information content (AvgIpc) is 2.85. The van der Waals surface area contributed by atoms with Crippen molar-refractivity contribution >= 4 is 34.3 Å². The van der Waals surface area contributed by atoms with E-state index in [1.165, 1.54) is 17.8 Å². The van der Waals surface area contributed by atoms with Gasteiger partial charge in [0.1, 0.15) is 11.4 Å². The summed E-state index contributed by atoms with van der Waals surface area (Å²) < 4.78 is 22.8. The molecule has 2 unspecified atom stereocenters. The molecule has 1 fully saturated rings. The first-order valence-corrected chi connectivity index (χ1v) is 9.71. The predicted molar refractivity (Wildman–Crippen MR) is 99.1 cm³/mol. The molecule has 1 saturated heterocycles. The zero-order chi connectivity index (χ0) is 19.0. The Morgan fingerprint density at radius 2 is 2.26 bits per heavy atom. The Labute approximate surface area is 157 Å². The van der Waals surface area contributed by atoms with E-state index < -0.39 is 17.2 Å². The molecule has 0 saturated carbocycles. The molecule has 1 aromatic heterocycles. The third-order valence-corrected chi connectivity index (χ3v) is 6.93. The van der Waals surface area contributed by atoms with Crippen LogP contribution in [0, 0.1) is 5.82 Å². The van der Waals surface area contributed by atoms with Gasteiger partial charge in [0.2, 0.25) is 5.43 Å². The van der Waals surface area contributed by atoms with E-state index in [1.54, 1.807) is 0 Å². The maximum Gasteiger partial charge on any atom is 0.342 e. The lowest BCUT2D eigenvalue weighted by Gasteiger charge is -2.34. The molecular weight excluding hydrogens is 373 g/mol. The van der Waals surface area contributed by atoms with Gasteiger partial charge in [-0.2, -0.15) is 0 Å². The number of pyridine rings is 1. The summed E-state index contributed by atoms with van der Waals surface area (Å²) in [5.41, 5.74) is 6.84. The topological polar surface area (TPSA) is 97.8 Å². The first-order valence-electron chi connectivity index (χ1n) is 8.83. The zero-order valence-electron chi connectivity index (χ0n) is 14.6. The molecule has 9 heteroatoms. The molecule has 3 atom stereocenters. The Morgan fingerprint density at radius 1 is 1.48 bits per heavy atom. The summed E-state index contributed by atoms with van der Waals surface area (Å²) in [6.45, 7) is 3.10. The second-order valence-corrected chi connectivity index (χ2v) is 8.52. The Kier molecular flexibility index (Phi) is 3.59. The van der Waals surface area contributed by atoms with Crippen LogP contribution in [0.1, 0.15) is 34.6 Å². The molecule has 2 aromatic rings. The molecule has 0 radical (unpaired) electrons. The Morgan fingerprint density at radius 3 is 2.96 bits per heavy atom. The third kappa shape index (κ3) is 2.16. The third-order valence-electron chi connectivity index (χ3n) is 5.75. The monoisotopic (exact) mass is 391 g/mol. The summed E-state index contributed by atoms with van der Waals surface area (Å²) in [6, 6.07) is 0.976. The molecule has 0 amide bonds. The molecule has 5 rings (SSSR count). The minimum absolute atomic E-state index is 0.0457. The summed E-state index contributed by atoms with van der Waals surface area (Å²) in [6.07, 6.45) is 0.743. The van der Waals surface area contributed by atoms with Crippen molar-refractivity contribution < 1.29 is 19.0 Å². The lowest BCUT2D eigenvalue weighted by atomic mass is 10.0. The van der Waals surface area contributed by atoms with Gasteiger partial charge in [-0.3, -0.25) is 4.79 Å². The van der Waals surface area contributed by atoms with E-state index in [-0.39, 0.29) is 35.0 Å². The van der Waals surface area contributed by atoms with Gasteiger partial charge in [-0.05, 0) is 19.4 Å². The highest BCUT2D eigenvalue weighted by molar-refractivity contribution is 8.00. The van der Waals surface area contributed by atoms with Crippen molar-refractivity contribution in [1.82, 2.24) is 4.57 Å². The van der Waals surface area contributed by atoms with Crippen LogP contribution in [0.4, 0.5) is 10.1 Å². The first kappa shape index (κ1) is 17.0. The van der Waals surface area contributed by atoms with Crippen LogP contribution in [0.5, 0.6) is 0 Å². The fourth-order valence-electron chi connectivity index (χ4n) is 4.50. The van der Waals surface area contributed by atoms with Crippen molar-refractivity contribution in [2.24, 2.45) is 5.73 Å². The molecule has 142 valence electrons. The zero-order valence-corrected chi connectivity index (χ0v) is 15.4. The van der Waals surface area contributed by atoms with Gasteiger partial charge in [0.05, 0.1) is 46.2 Å². The fraction of sp³-hybridized carbons (Fsp3) is 0.444. The molecule has 1 aromatic carbocycles. The number of hydrogen-bond donors (Lipinski definition) is 2. The summed E-state index contributed by atoms with van der Waals surface area (Å²) in [7, 11) is 0. The number of carboxylic acids is 1. The highest BCUT2D eigenvalue weighted by Gasteiger charge is 2.40. The number of thioether (sulfide) groups is 1. The van der Waals surface area contributed by atoms with Crippen molar-refractivity contribution in [2.45, 2.75) is 42.4 Å². The minimum atomic E-state index is -1.29. The largest absolute Gasteiger partial charge is 0.477 e. The van der Waals surface area contributed by atoms with Crippen molar-refractivity contribution in [3.8, 4) is 0 Å². The van der Waals surface area contributed by atoms with Crippen LogP contribution >= 0.6 is 11.8 Å². The van der Waals surface area contributed by atoms with Gasteiger partial charge in [0.15, 0.2) is 0 Å². The quantitative estimate of drug-likeness (QED) is 0.766. The number of aromatic carboxylic acids is 1. The Balaban J connectivity index is 1.89. The minimum Gasteiger partial charge on any atom is -0.477 e. The van der Waals surface area contributed by atoms with Gasteiger partial charge < -0.3 is 25.0 Å². The second-order valence-electron chi connectivity index (χ2n) is 7.21. The van der Waals surface area contributed by atoms with Crippen molar-refractivity contribution in [1.29, 1.82) is 0 Å². The van der Waals surface area contributed by atoms with E-state index in [2.05, 4.69) is 0 Å². The van der Waals surface area contributed by atoms with E-state index >= 15 is 4.39 Å². The van der Waals surface area contributed by atoms with Gasteiger partial charge in [-0.25, -0.2) is 9.18 Å². The van der Waals surface area contributed by atoms with Gasteiger partial charge in [0.25, 0.3) is 0 Å². The number of fused-ring (bicyclic) bond motifs is 7. The number of nitrogens with zero attached hydrogens (tertiary/aromatic N) is 2.